The van der Waals surface area contributed by atoms with Crippen molar-refractivity contribution in [1.82, 2.24) is 4.90 Å². The maximum Gasteiger partial charge on any atom is 0.253 e. The lowest BCUT2D eigenvalue weighted by atomic mass is 10.1. The molecule has 8 heteroatoms. The van der Waals surface area contributed by atoms with Gasteiger partial charge >= 0.3 is 0 Å². The summed E-state index contributed by atoms with van der Waals surface area (Å²) in [4.78, 5) is 13.9. The van der Waals surface area contributed by atoms with Crippen molar-refractivity contribution in [3.8, 4) is 0 Å². The van der Waals surface area contributed by atoms with Gasteiger partial charge in [0.1, 0.15) is 11.6 Å². The Balaban J connectivity index is 1.80. The molecule has 0 fully saturated rings. The van der Waals surface area contributed by atoms with E-state index in [9.17, 15) is 22.0 Å². The van der Waals surface area contributed by atoms with Crippen LogP contribution in [-0.2, 0) is 23.0 Å². The predicted molar refractivity (Wildman–Crippen MR) is 94.5 cm³/mol. The predicted octanol–water partition coefficient (Wildman–Crippen LogP) is 2.56. The molecule has 0 aliphatic carbocycles. The van der Waals surface area contributed by atoms with Crippen LogP contribution < -0.4 is 4.31 Å². The number of hydrogen-bond acceptors (Lipinski definition) is 3. The third-order valence-corrected chi connectivity index (χ3v) is 5.53. The van der Waals surface area contributed by atoms with Crippen LogP contribution in [0.3, 0.4) is 0 Å². The highest BCUT2D eigenvalue weighted by atomic mass is 32.2. The number of carbonyl (C=O) groups excluding carboxylic acids is 1. The molecule has 1 heterocycles. The summed E-state index contributed by atoms with van der Waals surface area (Å²) >= 11 is 0. The van der Waals surface area contributed by atoms with E-state index in [1.54, 1.807) is 18.2 Å². The van der Waals surface area contributed by atoms with E-state index >= 15 is 0 Å². The number of hydrogen-bond donors (Lipinski definition) is 0. The molecule has 2 aromatic carbocycles. The van der Waals surface area contributed by atoms with Crippen LogP contribution in [0.4, 0.5) is 14.5 Å². The highest BCUT2D eigenvalue weighted by Gasteiger charge is 2.27. The lowest BCUT2D eigenvalue weighted by Crippen LogP contribution is -2.28. The molecule has 0 N–H and O–H groups in total. The maximum absolute atomic E-state index is 13.8. The zero-order chi connectivity index (χ0) is 19.1. The van der Waals surface area contributed by atoms with Crippen LogP contribution in [-0.4, -0.2) is 39.1 Å². The molecule has 0 radical (unpaired) electrons. The summed E-state index contributed by atoms with van der Waals surface area (Å²) in [6, 6.07) is 8.07. The minimum atomic E-state index is -3.35. The highest BCUT2D eigenvalue weighted by Crippen LogP contribution is 2.31. The van der Waals surface area contributed by atoms with Gasteiger partial charge in [0, 0.05) is 37.3 Å². The molecule has 0 atom stereocenters. The molecule has 0 unspecified atom stereocenters. The van der Waals surface area contributed by atoms with Crippen LogP contribution in [0, 0.1) is 11.6 Å². The summed E-state index contributed by atoms with van der Waals surface area (Å²) in [7, 11) is -1.82. The first kappa shape index (κ1) is 18.3. The van der Waals surface area contributed by atoms with Gasteiger partial charge in [0.05, 0.1) is 11.9 Å². The second-order valence-corrected chi connectivity index (χ2v) is 8.23. The summed E-state index contributed by atoms with van der Waals surface area (Å²) in [6.07, 6.45) is 1.67. The van der Waals surface area contributed by atoms with Crippen molar-refractivity contribution >= 4 is 21.6 Å². The van der Waals surface area contributed by atoms with Crippen molar-refractivity contribution < 1.29 is 22.0 Å². The van der Waals surface area contributed by atoms with E-state index in [1.807, 2.05) is 0 Å². The molecule has 0 spiro atoms. The van der Waals surface area contributed by atoms with Gasteiger partial charge in [-0.1, -0.05) is 6.07 Å². The van der Waals surface area contributed by atoms with Gasteiger partial charge in [-0.15, -0.1) is 0 Å². The molecule has 0 saturated heterocycles. The SMILES string of the molecule is CN(Cc1ccc(F)cc1F)C(=O)c1ccc2c(c1)CCN2S(C)(=O)=O. The van der Waals surface area contributed by atoms with Crippen molar-refractivity contribution in [3.63, 3.8) is 0 Å². The van der Waals surface area contributed by atoms with E-state index in [4.69, 9.17) is 0 Å². The summed E-state index contributed by atoms with van der Waals surface area (Å²) in [5, 5.41) is 0. The third-order valence-electron chi connectivity index (χ3n) is 4.35. The van der Waals surface area contributed by atoms with E-state index in [0.29, 0.717) is 24.2 Å². The number of fused-ring (bicyclic) bond motifs is 1. The molecule has 0 aromatic heterocycles. The topological polar surface area (TPSA) is 57.7 Å². The van der Waals surface area contributed by atoms with Crippen molar-refractivity contribution in [2.45, 2.75) is 13.0 Å². The number of rotatable bonds is 4. The van der Waals surface area contributed by atoms with Gasteiger partial charge in [0.15, 0.2) is 0 Å². The van der Waals surface area contributed by atoms with Crippen LogP contribution in [0.15, 0.2) is 36.4 Å². The van der Waals surface area contributed by atoms with Gasteiger partial charge in [-0.2, -0.15) is 0 Å². The summed E-state index contributed by atoms with van der Waals surface area (Å²) in [5.41, 5.74) is 1.97. The largest absolute Gasteiger partial charge is 0.337 e. The fraction of sp³-hybridized carbons (Fsp3) is 0.278. The summed E-state index contributed by atoms with van der Waals surface area (Å²) < 4.78 is 51.6. The van der Waals surface area contributed by atoms with Crippen LogP contribution in [0.2, 0.25) is 0 Å². The maximum atomic E-state index is 13.8. The van der Waals surface area contributed by atoms with E-state index in [0.717, 1.165) is 24.0 Å². The number of nitrogens with zero attached hydrogens (tertiary/aromatic N) is 2. The van der Waals surface area contributed by atoms with Crippen molar-refractivity contribution in [1.29, 1.82) is 0 Å². The second kappa shape index (κ2) is 6.68. The van der Waals surface area contributed by atoms with Gasteiger partial charge in [0.2, 0.25) is 10.0 Å². The Kier molecular flexibility index (Phi) is 4.70. The molecular formula is C18H18F2N2O3S. The molecule has 5 nitrogen and oxygen atoms in total. The first-order valence-corrected chi connectivity index (χ1v) is 9.81. The van der Waals surface area contributed by atoms with Crippen molar-refractivity contribution in [2.75, 3.05) is 24.2 Å². The Morgan fingerprint density at radius 3 is 2.58 bits per heavy atom. The Hall–Kier alpha value is -2.48. The van der Waals surface area contributed by atoms with Gasteiger partial charge in [-0.25, -0.2) is 17.2 Å². The van der Waals surface area contributed by atoms with Crippen LogP contribution in [0.5, 0.6) is 0 Å². The minimum Gasteiger partial charge on any atom is -0.337 e. The van der Waals surface area contributed by atoms with E-state index in [1.165, 1.54) is 22.3 Å². The highest BCUT2D eigenvalue weighted by molar-refractivity contribution is 7.92. The zero-order valence-corrected chi connectivity index (χ0v) is 15.2. The van der Waals surface area contributed by atoms with E-state index < -0.39 is 21.7 Å². The minimum absolute atomic E-state index is 0.00248. The Bertz CT molecular complexity index is 976. The number of halogens is 2. The standard InChI is InChI=1S/C18H18F2N2O3S/c1-21(11-14-3-5-15(19)10-16(14)20)18(23)13-4-6-17-12(9-13)7-8-22(17)26(2,24)25/h3-6,9-10H,7-8,11H2,1-2H3. The van der Waals surface area contributed by atoms with E-state index in [-0.39, 0.29) is 18.0 Å². The Morgan fingerprint density at radius 2 is 1.92 bits per heavy atom. The molecule has 2 aromatic rings. The Morgan fingerprint density at radius 1 is 1.19 bits per heavy atom. The Labute approximate surface area is 150 Å². The molecule has 0 bridgehead atoms. The molecule has 1 aliphatic heterocycles. The first-order chi connectivity index (χ1) is 12.2. The second-order valence-electron chi connectivity index (χ2n) is 6.33. The lowest BCUT2D eigenvalue weighted by molar-refractivity contribution is 0.0784. The number of sulfonamides is 1. The third kappa shape index (κ3) is 3.55. The lowest BCUT2D eigenvalue weighted by Gasteiger charge is -2.19. The molecule has 138 valence electrons. The van der Waals surface area contributed by atoms with Crippen molar-refractivity contribution in [3.05, 3.63) is 64.7 Å². The fourth-order valence-electron chi connectivity index (χ4n) is 3.05. The summed E-state index contributed by atoms with van der Waals surface area (Å²) in [5.74, 6) is -1.70. The molecule has 26 heavy (non-hydrogen) atoms. The number of anilines is 1. The van der Waals surface area contributed by atoms with Crippen molar-refractivity contribution in [2.24, 2.45) is 0 Å². The normalized spacial score (nSPS) is 13.6. The first-order valence-electron chi connectivity index (χ1n) is 7.97. The summed E-state index contributed by atoms with van der Waals surface area (Å²) in [6.45, 7) is 0.347. The molecule has 1 aliphatic rings. The van der Waals surface area contributed by atoms with Gasteiger partial charge in [0.25, 0.3) is 5.91 Å². The van der Waals surface area contributed by atoms with Crippen LogP contribution in [0.1, 0.15) is 21.5 Å². The number of amides is 1. The molecule has 3 rings (SSSR count). The quantitative estimate of drug-likeness (QED) is 0.819. The molecular weight excluding hydrogens is 362 g/mol. The van der Waals surface area contributed by atoms with E-state index in [2.05, 4.69) is 0 Å². The fourth-order valence-corrected chi connectivity index (χ4v) is 4.00. The zero-order valence-electron chi connectivity index (χ0n) is 14.4. The number of carbonyl (C=O) groups is 1. The average Bonchev–Trinajstić information content (AvgIpc) is 3.00. The number of benzene rings is 2. The van der Waals surface area contributed by atoms with Crippen LogP contribution in [0.25, 0.3) is 0 Å². The molecule has 1 amide bonds. The molecule has 0 saturated carbocycles. The van der Waals surface area contributed by atoms with Gasteiger partial charge in [-0.3, -0.25) is 9.10 Å². The van der Waals surface area contributed by atoms with Crippen LogP contribution >= 0.6 is 0 Å². The van der Waals surface area contributed by atoms with Gasteiger partial charge < -0.3 is 4.90 Å². The smallest absolute Gasteiger partial charge is 0.253 e. The van der Waals surface area contributed by atoms with Gasteiger partial charge in [-0.05, 0) is 36.2 Å². The monoisotopic (exact) mass is 380 g/mol. The average molecular weight is 380 g/mol.